The van der Waals surface area contributed by atoms with Gasteiger partial charge in [0.1, 0.15) is 23.7 Å². The average Bonchev–Trinajstić information content (AvgIpc) is 3.31. The van der Waals surface area contributed by atoms with E-state index in [4.69, 9.17) is 10.8 Å². The summed E-state index contributed by atoms with van der Waals surface area (Å²) in [5, 5.41) is 15.2. The number of hydrogen-bond acceptors (Lipinski definition) is 6. The minimum Gasteiger partial charge on any atom is -0.505 e. The molecule has 4 heterocycles. The zero-order valence-corrected chi connectivity index (χ0v) is 20.0. The van der Waals surface area contributed by atoms with E-state index in [1.165, 1.54) is 35.0 Å². The maximum atomic E-state index is 14.1. The summed E-state index contributed by atoms with van der Waals surface area (Å²) in [6.45, 7) is 1.86. The molecule has 10 heteroatoms. The topological polar surface area (TPSA) is 111 Å². The Kier molecular flexibility index (Phi) is 5.37. The smallest absolute Gasteiger partial charge is 0.263 e. The van der Waals surface area contributed by atoms with Crippen molar-refractivity contribution in [2.75, 3.05) is 5.73 Å². The van der Waals surface area contributed by atoms with E-state index in [0.717, 1.165) is 12.3 Å². The fourth-order valence-corrected chi connectivity index (χ4v) is 4.74. The molecule has 6 rings (SSSR count). The Hall–Kier alpha value is -5.12. The first-order valence-electron chi connectivity index (χ1n) is 11.7. The summed E-state index contributed by atoms with van der Waals surface area (Å²) < 4.78 is 30.7. The Morgan fingerprint density at radius 3 is 2.53 bits per heavy atom. The summed E-state index contributed by atoms with van der Waals surface area (Å²) in [6.07, 6.45) is 2.47. The van der Waals surface area contributed by atoms with E-state index < -0.39 is 23.4 Å². The summed E-state index contributed by atoms with van der Waals surface area (Å²) in [5.74, 6) is -1.67. The lowest BCUT2D eigenvalue weighted by atomic mass is 9.96. The lowest BCUT2D eigenvalue weighted by Gasteiger charge is -2.19. The van der Waals surface area contributed by atoms with Crippen LogP contribution in [-0.2, 0) is 0 Å². The van der Waals surface area contributed by atoms with Crippen LogP contribution in [0.2, 0.25) is 0 Å². The highest BCUT2D eigenvalue weighted by Crippen LogP contribution is 2.36. The van der Waals surface area contributed by atoms with Gasteiger partial charge in [-0.2, -0.15) is 5.10 Å². The van der Waals surface area contributed by atoms with Crippen LogP contribution in [0.15, 0.2) is 84.0 Å². The monoisotopic (exact) mass is 510 g/mol. The van der Waals surface area contributed by atoms with Crippen LogP contribution in [0.25, 0.3) is 38.9 Å². The van der Waals surface area contributed by atoms with E-state index >= 15 is 0 Å². The fraction of sp³-hybridized carbons (Fsp3) is 0.0714. The molecule has 1 atom stereocenters. The van der Waals surface area contributed by atoms with Crippen LogP contribution in [0.3, 0.4) is 0 Å². The van der Waals surface area contributed by atoms with Crippen LogP contribution >= 0.6 is 0 Å². The van der Waals surface area contributed by atoms with Gasteiger partial charge in [0.15, 0.2) is 17.2 Å². The lowest BCUT2D eigenvalue weighted by Crippen LogP contribution is -2.21. The number of aromatic nitrogens is 5. The average molecular weight is 511 g/mol. The van der Waals surface area contributed by atoms with Crippen molar-refractivity contribution in [1.82, 2.24) is 24.1 Å². The van der Waals surface area contributed by atoms with Crippen molar-refractivity contribution in [3.8, 4) is 28.1 Å². The molecule has 0 aliphatic heterocycles. The minimum absolute atomic E-state index is 0.157. The summed E-state index contributed by atoms with van der Waals surface area (Å²) in [7, 11) is 0. The molecule has 0 aliphatic rings. The summed E-state index contributed by atoms with van der Waals surface area (Å²) >= 11 is 0. The molecule has 6 aromatic rings. The van der Waals surface area contributed by atoms with E-state index in [9.17, 15) is 18.7 Å². The van der Waals surface area contributed by atoms with Gasteiger partial charge < -0.3 is 10.8 Å². The third-order valence-electron chi connectivity index (χ3n) is 6.59. The lowest BCUT2D eigenvalue weighted by molar-refractivity contribution is 0.432. The normalized spacial score (nSPS) is 12.3. The Morgan fingerprint density at radius 1 is 0.974 bits per heavy atom. The zero-order chi connectivity index (χ0) is 26.6. The van der Waals surface area contributed by atoms with Gasteiger partial charge in [0.25, 0.3) is 5.56 Å². The summed E-state index contributed by atoms with van der Waals surface area (Å²) in [5.41, 5.74) is 9.16. The molecule has 3 N–H and O–H groups in total. The van der Waals surface area contributed by atoms with Crippen molar-refractivity contribution >= 4 is 22.4 Å². The van der Waals surface area contributed by atoms with Crippen LogP contribution in [-0.4, -0.2) is 29.3 Å². The molecule has 0 saturated heterocycles. The number of nitrogen functional groups attached to an aromatic ring is 1. The van der Waals surface area contributed by atoms with Gasteiger partial charge in [-0.1, -0.05) is 30.3 Å². The predicted octanol–water partition coefficient (Wildman–Crippen LogP) is 4.95. The first-order chi connectivity index (χ1) is 18.3. The Labute approximate surface area is 214 Å². The van der Waals surface area contributed by atoms with Gasteiger partial charge in [-0.3, -0.25) is 9.20 Å². The number of aromatic hydroxyl groups is 1. The Balaban J connectivity index is 1.64. The molecule has 38 heavy (non-hydrogen) atoms. The van der Waals surface area contributed by atoms with Gasteiger partial charge in [-0.25, -0.2) is 23.4 Å². The second kappa shape index (κ2) is 8.77. The SMILES string of the molecule is CC(c1cc2ccc(F)cn2c(=O)c1-c1ccccc1)n1nc(-c2ccc(F)c(O)c2)c2c(N)ncnc21. The molecule has 188 valence electrons. The molecule has 0 fully saturated rings. The molecule has 0 bridgehead atoms. The third-order valence-corrected chi connectivity index (χ3v) is 6.59. The largest absolute Gasteiger partial charge is 0.505 e. The van der Waals surface area contributed by atoms with Crippen molar-refractivity contribution in [3.05, 3.63) is 107 Å². The van der Waals surface area contributed by atoms with Gasteiger partial charge >= 0.3 is 0 Å². The molecule has 0 amide bonds. The molecular weight excluding hydrogens is 490 g/mol. The van der Waals surface area contributed by atoms with E-state index in [2.05, 4.69) is 9.97 Å². The second-order valence-electron chi connectivity index (χ2n) is 8.88. The van der Waals surface area contributed by atoms with Gasteiger partial charge in [0.2, 0.25) is 0 Å². The number of halogens is 2. The fourth-order valence-electron chi connectivity index (χ4n) is 4.74. The first kappa shape index (κ1) is 23.3. The van der Waals surface area contributed by atoms with Crippen LogP contribution < -0.4 is 11.3 Å². The zero-order valence-electron chi connectivity index (χ0n) is 20.0. The third kappa shape index (κ3) is 3.65. The molecule has 0 spiro atoms. The van der Waals surface area contributed by atoms with Crippen LogP contribution in [0.5, 0.6) is 5.75 Å². The standard InChI is InChI=1S/C28H20F2N6O2/c1-15(20-12-19-9-8-18(29)13-35(19)28(38)23(20)16-5-3-2-4-6-16)36-27-24(26(31)32-14-33-27)25(34-36)17-7-10-21(30)22(37)11-17/h2-15,37H,1H3,(H2,31,32,33). The number of phenolic OH excluding ortho intramolecular Hbond substituents is 1. The first-order valence-corrected chi connectivity index (χ1v) is 11.7. The predicted molar refractivity (Wildman–Crippen MR) is 140 cm³/mol. The van der Waals surface area contributed by atoms with Crippen molar-refractivity contribution in [3.63, 3.8) is 0 Å². The molecule has 1 unspecified atom stereocenters. The van der Waals surface area contributed by atoms with Gasteiger partial charge in [-0.15, -0.1) is 0 Å². The second-order valence-corrected chi connectivity index (χ2v) is 8.88. The number of pyridine rings is 2. The van der Waals surface area contributed by atoms with Crippen molar-refractivity contribution in [2.24, 2.45) is 0 Å². The van der Waals surface area contributed by atoms with E-state index in [0.29, 0.717) is 44.5 Å². The number of phenols is 1. The minimum atomic E-state index is -0.768. The maximum absolute atomic E-state index is 14.1. The molecule has 0 saturated carbocycles. The highest BCUT2D eigenvalue weighted by molar-refractivity contribution is 5.98. The quantitative estimate of drug-likeness (QED) is 0.347. The molecular formula is C28H20F2N6O2. The summed E-state index contributed by atoms with van der Waals surface area (Å²) in [4.78, 5) is 22.2. The van der Waals surface area contributed by atoms with E-state index in [1.54, 1.807) is 4.68 Å². The van der Waals surface area contributed by atoms with Gasteiger partial charge in [0.05, 0.1) is 17.0 Å². The molecule has 2 aromatic carbocycles. The molecule has 4 aromatic heterocycles. The van der Waals surface area contributed by atoms with E-state index in [1.807, 2.05) is 43.3 Å². The van der Waals surface area contributed by atoms with Crippen molar-refractivity contribution in [2.45, 2.75) is 13.0 Å². The molecule has 0 radical (unpaired) electrons. The van der Waals surface area contributed by atoms with Crippen molar-refractivity contribution in [1.29, 1.82) is 0 Å². The Morgan fingerprint density at radius 2 is 1.76 bits per heavy atom. The number of rotatable bonds is 4. The highest BCUT2D eigenvalue weighted by Gasteiger charge is 2.25. The number of benzene rings is 2. The molecule has 8 nitrogen and oxygen atoms in total. The molecule has 0 aliphatic carbocycles. The van der Waals surface area contributed by atoms with Gasteiger partial charge in [-0.05, 0) is 54.4 Å². The number of nitrogens with two attached hydrogens (primary N) is 1. The number of nitrogens with zero attached hydrogens (tertiary/aromatic N) is 5. The maximum Gasteiger partial charge on any atom is 0.263 e. The number of fused-ring (bicyclic) bond motifs is 2. The van der Waals surface area contributed by atoms with Crippen molar-refractivity contribution < 1.29 is 13.9 Å². The number of anilines is 1. The number of hydrogen-bond donors (Lipinski definition) is 2. The summed E-state index contributed by atoms with van der Waals surface area (Å²) in [6, 6.07) is 17.1. The van der Waals surface area contributed by atoms with Crippen LogP contribution in [0.4, 0.5) is 14.6 Å². The Bertz CT molecular complexity index is 1920. The van der Waals surface area contributed by atoms with Crippen LogP contribution in [0, 0.1) is 11.6 Å². The highest BCUT2D eigenvalue weighted by atomic mass is 19.1. The van der Waals surface area contributed by atoms with E-state index in [-0.39, 0.29) is 11.4 Å². The van der Waals surface area contributed by atoms with Crippen LogP contribution in [0.1, 0.15) is 18.5 Å². The van der Waals surface area contributed by atoms with Gasteiger partial charge in [0, 0.05) is 17.3 Å².